The number of fused-ring (bicyclic) bond motifs is 6. The number of hydrogen-bond acceptors (Lipinski definition) is 14. The molecule has 0 atom stereocenters. The van der Waals surface area contributed by atoms with Crippen LogP contribution in [-0.4, -0.2) is 44.0 Å². The maximum absolute atomic E-state index is 6.00. The van der Waals surface area contributed by atoms with Crippen LogP contribution < -0.4 is 44.2 Å². The second-order valence-corrected chi connectivity index (χ2v) is 21.8. The van der Waals surface area contributed by atoms with E-state index in [0.717, 1.165) is 34.1 Å². The van der Waals surface area contributed by atoms with Crippen molar-refractivity contribution in [2.24, 2.45) is 0 Å². The largest absolute Gasteiger partial charge is 0.399 e. The summed E-state index contributed by atoms with van der Waals surface area (Å²) in [7, 11) is 3.84. The van der Waals surface area contributed by atoms with Crippen LogP contribution in [0.3, 0.4) is 0 Å². The van der Waals surface area contributed by atoms with Gasteiger partial charge in [0.15, 0.2) is 0 Å². The molecule has 0 unspecified atom stereocenters. The summed E-state index contributed by atoms with van der Waals surface area (Å²) in [6.07, 6.45) is 0. The van der Waals surface area contributed by atoms with Gasteiger partial charge in [0.25, 0.3) is 0 Å². The van der Waals surface area contributed by atoms with Crippen molar-refractivity contribution in [2.75, 3.05) is 58.3 Å². The van der Waals surface area contributed by atoms with Gasteiger partial charge in [-0.05, 0) is 193 Å². The highest BCUT2D eigenvalue weighted by Crippen LogP contribution is 2.57. The Morgan fingerprint density at radius 1 is 0.307 bits per heavy atom. The molecule has 0 fully saturated rings. The smallest absolute Gasteiger partial charge is 0.232 e. The molecule has 2 aromatic heterocycles. The summed E-state index contributed by atoms with van der Waals surface area (Å²) in [5, 5.41) is 13.1. The van der Waals surface area contributed by atoms with Gasteiger partial charge in [0.05, 0.1) is 10.8 Å². The average molecular weight is 1220 g/mol. The minimum absolute atomic E-state index is 0.000000000000000444. The summed E-state index contributed by atoms with van der Waals surface area (Å²) >= 11 is 16.0. The van der Waals surface area contributed by atoms with Crippen molar-refractivity contribution in [3.05, 3.63) is 309 Å². The number of aromatic nitrogens is 6. The fourth-order valence-corrected chi connectivity index (χ4v) is 12.3. The van der Waals surface area contributed by atoms with E-state index in [4.69, 9.17) is 57.7 Å². The molecular weight excluding hydrogens is 1160 g/mol. The number of nitrogen functional groups attached to an aromatic ring is 4. The first-order valence-electron chi connectivity index (χ1n) is 28.1. The fourth-order valence-electron chi connectivity index (χ4n) is 11.7. The van der Waals surface area contributed by atoms with E-state index in [-0.39, 0.29) is 21.3 Å². The third-order valence-corrected chi connectivity index (χ3v) is 15.9. The fraction of sp³-hybridized carbons (Fsp3) is 0.0704. The number of halogens is 3. The Bertz CT molecular complexity index is 4210. The monoisotopic (exact) mass is 1210 g/mol. The number of hydrogen-bond donors (Lipinski definition) is 8. The molecule has 2 aliphatic carbocycles. The van der Waals surface area contributed by atoms with Gasteiger partial charge in [-0.15, -0.1) is 0 Å². The number of anilines is 10. The molecule has 0 radical (unpaired) electrons. The molecule has 14 rings (SSSR count). The first-order valence-corrected chi connectivity index (χ1v) is 29.3. The Morgan fingerprint density at radius 3 is 1.00 bits per heavy atom. The lowest BCUT2D eigenvalue weighted by Crippen LogP contribution is -2.28. The van der Waals surface area contributed by atoms with Gasteiger partial charge < -0.3 is 44.2 Å². The zero-order valence-corrected chi connectivity index (χ0v) is 50.5. The van der Waals surface area contributed by atoms with Gasteiger partial charge in [0.1, 0.15) is 5.82 Å². The molecule has 2 aliphatic rings. The van der Waals surface area contributed by atoms with Gasteiger partial charge in [0.2, 0.25) is 27.7 Å². The van der Waals surface area contributed by atoms with E-state index in [1.165, 1.54) is 66.8 Å². The molecular formula is C71H61Cl3N14. The van der Waals surface area contributed by atoms with Crippen LogP contribution in [0.1, 0.15) is 50.3 Å². The van der Waals surface area contributed by atoms with Crippen molar-refractivity contribution in [2.45, 2.75) is 17.8 Å². The summed E-state index contributed by atoms with van der Waals surface area (Å²) < 4.78 is 0. The van der Waals surface area contributed by atoms with Crippen LogP contribution in [-0.2, 0) is 10.8 Å². The standard InChI is InChI=1S/C37H33N7.C25H20N2.C6H8N2.C3Cl3N3/c1-24-40-35(44-36(41-24)43-30-10-8-9-29(23-30)39-3)42-28-21-17-26(18-22-28)37(25-15-19-27(38-2)20-16-25)33-13-6-4-11-31(33)32-12-5-7-14-34(32)37;26-19-13-9-17(10-14-19)25(18-11-15-20(27)16-12-18)23-7-3-1-5-21(23)22-6-2-4-8-24(22)25;7-5-2-1-3-6(8)4-5;4-1-7-2(5)9-3(6)8-1/h4-23,38-39H,1-3H3,(H2,40,41,42,43,44);1-16H,26-27H2;1-4H,7-8H2;. The van der Waals surface area contributed by atoms with Gasteiger partial charge >= 0.3 is 0 Å². The van der Waals surface area contributed by atoms with E-state index in [0.29, 0.717) is 29.1 Å². The maximum atomic E-state index is 6.00. The SMILES string of the molecule is CNc1ccc(C2(c3ccc(Nc4nc(C)nc(Nc5cccc(NC)c5)n4)cc3)c3ccccc3-c3ccccc32)cc1.Clc1nc(Cl)nc(Cl)n1.Nc1ccc(C2(c3ccc(N)cc3)c3ccccc3-c3ccccc32)cc1.Nc1cccc(N)c1. The molecule has 0 aliphatic heterocycles. The Hall–Kier alpha value is -10.5. The zero-order chi connectivity index (χ0) is 61.4. The number of nitrogens with zero attached hydrogens (tertiary/aromatic N) is 6. The van der Waals surface area contributed by atoms with Crippen molar-refractivity contribution < 1.29 is 0 Å². The topological polar surface area (TPSA) is 230 Å². The Labute approximate surface area is 526 Å². The predicted molar refractivity (Wildman–Crippen MR) is 363 cm³/mol. The number of nitrogens with one attached hydrogen (secondary N) is 4. The minimum Gasteiger partial charge on any atom is -0.399 e. The van der Waals surface area contributed by atoms with Gasteiger partial charge in [-0.1, -0.05) is 158 Å². The summed E-state index contributed by atoms with van der Waals surface area (Å²) in [5.41, 5.74) is 43.8. The maximum Gasteiger partial charge on any atom is 0.232 e. The lowest BCUT2D eigenvalue weighted by molar-refractivity contribution is 0.769. The second kappa shape index (κ2) is 26.0. The van der Waals surface area contributed by atoms with Gasteiger partial charge in [-0.3, -0.25) is 0 Å². The summed E-state index contributed by atoms with van der Waals surface area (Å²) in [5.74, 6) is 1.58. The molecule has 0 amide bonds. The zero-order valence-electron chi connectivity index (χ0n) is 48.2. The van der Waals surface area contributed by atoms with Crippen molar-refractivity contribution in [1.82, 2.24) is 29.9 Å². The average Bonchev–Trinajstić information content (AvgIpc) is 1.58. The molecule has 0 bridgehead atoms. The summed E-state index contributed by atoms with van der Waals surface area (Å²) in [4.78, 5) is 24.1. The molecule has 17 heteroatoms. The molecule has 10 aromatic carbocycles. The van der Waals surface area contributed by atoms with Crippen LogP contribution in [0.4, 0.5) is 57.4 Å². The molecule has 12 aromatic rings. The van der Waals surface area contributed by atoms with E-state index in [9.17, 15) is 0 Å². The predicted octanol–water partition coefficient (Wildman–Crippen LogP) is 16.0. The van der Waals surface area contributed by atoms with Crippen molar-refractivity contribution in [1.29, 1.82) is 0 Å². The number of nitrogens with two attached hydrogens (primary N) is 4. The highest BCUT2D eigenvalue weighted by atomic mass is 35.5. The van der Waals surface area contributed by atoms with Gasteiger partial charge in [0, 0.05) is 59.6 Å². The summed E-state index contributed by atoms with van der Waals surface area (Å²) in [6.45, 7) is 1.86. The second-order valence-electron chi connectivity index (χ2n) is 20.8. The van der Waals surface area contributed by atoms with Crippen LogP contribution >= 0.6 is 34.8 Å². The van der Waals surface area contributed by atoms with E-state index in [1.54, 1.807) is 18.2 Å². The normalized spacial score (nSPS) is 12.3. The lowest BCUT2D eigenvalue weighted by atomic mass is 9.67. The van der Waals surface area contributed by atoms with Crippen molar-refractivity contribution in [3.63, 3.8) is 0 Å². The summed E-state index contributed by atoms with van der Waals surface area (Å²) in [6, 6.07) is 83.9. The quantitative estimate of drug-likeness (QED) is 0.0596. The molecule has 14 nitrogen and oxygen atoms in total. The number of benzene rings is 10. The molecule has 0 saturated heterocycles. The van der Waals surface area contributed by atoms with E-state index < -0.39 is 5.41 Å². The first-order chi connectivity index (χ1) is 42.8. The lowest BCUT2D eigenvalue weighted by Gasteiger charge is -2.34. The van der Waals surface area contributed by atoms with Crippen LogP contribution in [0, 0.1) is 6.92 Å². The highest BCUT2D eigenvalue weighted by Gasteiger charge is 2.47. The molecule has 12 N–H and O–H groups in total. The van der Waals surface area contributed by atoms with Crippen molar-refractivity contribution >= 4 is 92.2 Å². The minimum atomic E-state index is -0.458. The van der Waals surface area contributed by atoms with Crippen LogP contribution in [0.5, 0.6) is 0 Å². The Kier molecular flexibility index (Phi) is 17.5. The molecule has 88 heavy (non-hydrogen) atoms. The Morgan fingerprint density at radius 2 is 0.636 bits per heavy atom. The third-order valence-electron chi connectivity index (χ3n) is 15.4. The molecule has 2 heterocycles. The number of aryl methyl sites for hydroxylation is 1. The Balaban J connectivity index is 0.000000152. The van der Waals surface area contributed by atoms with Gasteiger partial charge in [-0.25, -0.2) is 0 Å². The van der Waals surface area contributed by atoms with E-state index >= 15 is 0 Å². The first kappa shape index (κ1) is 59.2. The van der Waals surface area contributed by atoms with E-state index in [2.05, 4.69) is 221 Å². The van der Waals surface area contributed by atoms with Gasteiger partial charge in [-0.2, -0.15) is 29.9 Å². The molecule has 436 valence electrons. The van der Waals surface area contributed by atoms with Crippen molar-refractivity contribution in [3.8, 4) is 22.3 Å². The van der Waals surface area contributed by atoms with Crippen LogP contribution in [0.2, 0.25) is 15.9 Å². The molecule has 0 saturated carbocycles. The van der Waals surface area contributed by atoms with Crippen LogP contribution in [0.25, 0.3) is 22.3 Å². The highest BCUT2D eigenvalue weighted by molar-refractivity contribution is 6.33. The van der Waals surface area contributed by atoms with Crippen LogP contribution in [0.15, 0.2) is 243 Å². The molecule has 0 spiro atoms. The van der Waals surface area contributed by atoms with E-state index in [1.807, 2.05) is 75.6 Å². The number of rotatable bonds is 10. The third kappa shape index (κ3) is 12.2.